The van der Waals surface area contributed by atoms with Crippen LogP contribution in [0.1, 0.15) is 5.69 Å². The first kappa shape index (κ1) is 10.5. The highest BCUT2D eigenvalue weighted by Crippen LogP contribution is 2.33. The summed E-state index contributed by atoms with van der Waals surface area (Å²) < 4.78 is 10.9. The van der Waals surface area contributed by atoms with Crippen LogP contribution in [0.4, 0.5) is 0 Å². The van der Waals surface area contributed by atoms with Crippen molar-refractivity contribution in [3.05, 3.63) is 36.2 Å². The molecule has 0 aliphatic carbocycles. The van der Waals surface area contributed by atoms with E-state index in [1.165, 1.54) is 0 Å². The minimum Gasteiger partial charge on any atom is -0.486 e. The summed E-state index contributed by atoms with van der Waals surface area (Å²) in [4.78, 5) is 8.29. The molecule has 18 heavy (non-hydrogen) atoms. The van der Waals surface area contributed by atoms with Gasteiger partial charge in [-0.25, -0.2) is 9.97 Å². The standard InChI is InChI=1S/C13H9N3O2/c14-8-10-3-4-15-13(16-10)9-1-2-11-12(7-9)18-6-5-17-11/h1-4,7H,5-6H2. The fourth-order valence-corrected chi connectivity index (χ4v) is 1.74. The van der Waals surface area contributed by atoms with E-state index in [9.17, 15) is 0 Å². The molecule has 0 bridgehead atoms. The van der Waals surface area contributed by atoms with Crippen molar-refractivity contribution >= 4 is 0 Å². The number of benzene rings is 1. The predicted octanol–water partition coefficient (Wildman–Crippen LogP) is 1.79. The molecule has 1 aromatic carbocycles. The van der Waals surface area contributed by atoms with Crippen LogP contribution in [-0.4, -0.2) is 23.2 Å². The molecule has 1 aliphatic rings. The molecule has 88 valence electrons. The number of hydrogen-bond donors (Lipinski definition) is 0. The van der Waals surface area contributed by atoms with Crippen LogP contribution in [0.3, 0.4) is 0 Å². The number of ether oxygens (including phenoxy) is 2. The smallest absolute Gasteiger partial charge is 0.162 e. The van der Waals surface area contributed by atoms with Gasteiger partial charge in [-0.15, -0.1) is 0 Å². The number of aromatic nitrogens is 2. The van der Waals surface area contributed by atoms with E-state index in [-0.39, 0.29) is 0 Å². The first-order chi connectivity index (χ1) is 8.86. The maximum absolute atomic E-state index is 8.82. The molecule has 0 amide bonds. The molecule has 0 saturated carbocycles. The lowest BCUT2D eigenvalue weighted by Gasteiger charge is -2.18. The lowest BCUT2D eigenvalue weighted by molar-refractivity contribution is 0.171. The van der Waals surface area contributed by atoms with Gasteiger partial charge in [0, 0.05) is 11.8 Å². The molecule has 3 rings (SSSR count). The average Bonchev–Trinajstić information content (AvgIpc) is 2.47. The minimum atomic E-state index is 0.342. The summed E-state index contributed by atoms with van der Waals surface area (Å²) in [6.07, 6.45) is 1.57. The Morgan fingerprint density at radius 1 is 1.11 bits per heavy atom. The van der Waals surface area contributed by atoms with E-state index in [0.717, 1.165) is 11.3 Å². The summed E-state index contributed by atoms with van der Waals surface area (Å²) in [5.41, 5.74) is 1.14. The van der Waals surface area contributed by atoms with Gasteiger partial charge in [-0.1, -0.05) is 0 Å². The second-order valence-electron chi connectivity index (χ2n) is 3.74. The van der Waals surface area contributed by atoms with Gasteiger partial charge in [0.2, 0.25) is 0 Å². The second kappa shape index (κ2) is 4.34. The average molecular weight is 239 g/mol. The van der Waals surface area contributed by atoms with Crippen molar-refractivity contribution < 1.29 is 9.47 Å². The summed E-state index contributed by atoms with van der Waals surface area (Å²) in [5, 5.41) is 8.82. The van der Waals surface area contributed by atoms with Gasteiger partial charge in [0.1, 0.15) is 25.0 Å². The summed E-state index contributed by atoms with van der Waals surface area (Å²) in [7, 11) is 0. The van der Waals surface area contributed by atoms with Crippen molar-refractivity contribution in [1.29, 1.82) is 5.26 Å². The molecule has 5 heteroatoms. The van der Waals surface area contributed by atoms with Crippen LogP contribution in [0.5, 0.6) is 11.5 Å². The van der Waals surface area contributed by atoms with E-state index in [1.54, 1.807) is 12.3 Å². The normalized spacial score (nSPS) is 12.8. The van der Waals surface area contributed by atoms with Gasteiger partial charge in [-0.2, -0.15) is 5.26 Å². The van der Waals surface area contributed by atoms with Crippen molar-refractivity contribution in [2.24, 2.45) is 0 Å². The Morgan fingerprint density at radius 3 is 2.78 bits per heavy atom. The van der Waals surface area contributed by atoms with Gasteiger partial charge in [0.15, 0.2) is 17.3 Å². The highest BCUT2D eigenvalue weighted by Gasteiger charge is 2.13. The van der Waals surface area contributed by atoms with Gasteiger partial charge in [0.25, 0.3) is 0 Å². The molecular weight excluding hydrogens is 230 g/mol. The maximum atomic E-state index is 8.82. The molecule has 5 nitrogen and oxygen atoms in total. The summed E-state index contributed by atoms with van der Waals surface area (Å²) in [5.74, 6) is 1.91. The van der Waals surface area contributed by atoms with Crippen molar-refractivity contribution in [1.82, 2.24) is 9.97 Å². The largest absolute Gasteiger partial charge is 0.486 e. The third kappa shape index (κ3) is 1.84. The van der Waals surface area contributed by atoms with Crippen molar-refractivity contribution in [2.45, 2.75) is 0 Å². The fourth-order valence-electron chi connectivity index (χ4n) is 1.74. The number of hydrogen-bond acceptors (Lipinski definition) is 5. The Morgan fingerprint density at radius 2 is 1.94 bits per heavy atom. The molecule has 0 atom stereocenters. The topological polar surface area (TPSA) is 68.0 Å². The van der Waals surface area contributed by atoms with E-state index in [2.05, 4.69) is 9.97 Å². The van der Waals surface area contributed by atoms with Crippen molar-refractivity contribution in [2.75, 3.05) is 13.2 Å². The van der Waals surface area contributed by atoms with Crippen molar-refractivity contribution in [3.63, 3.8) is 0 Å². The Balaban J connectivity index is 2.04. The van der Waals surface area contributed by atoms with Crippen LogP contribution < -0.4 is 9.47 Å². The number of rotatable bonds is 1. The highest BCUT2D eigenvalue weighted by molar-refractivity contribution is 5.61. The molecule has 2 aromatic rings. The van der Waals surface area contributed by atoms with E-state index in [1.807, 2.05) is 24.3 Å². The molecule has 0 radical (unpaired) electrons. The summed E-state index contributed by atoms with van der Waals surface area (Å²) in [6, 6.07) is 9.06. The van der Waals surface area contributed by atoms with Gasteiger partial charge in [0.05, 0.1) is 0 Å². The third-order valence-electron chi connectivity index (χ3n) is 2.57. The molecule has 0 fully saturated rings. The molecular formula is C13H9N3O2. The van der Waals surface area contributed by atoms with Crippen LogP contribution >= 0.6 is 0 Å². The molecule has 0 spiro atoms. The third-order valence-corrected chi connectivity index (χ3v) is 2.57. The molecule has 2 heterocycles. The molecule has 1 aromatic heterocycles. The zero-order valence-corrected chi connectivity index (χ0v) is 9.46. The minimum absolute atomic E-state index is 0.342. The quantitative estimate of drug-likeness (QED) is 0.758. The van der Waals surface area contributed by atoms with E-state index < -0.39 is 0 Å². The second-order valence-corrected chi connectivity index (χ2v) is 3.74. The summed E-state index contributed by atoms with van der Waals surface area (Å²) >= 11 is 0. The lowest BCUT2D eigenvalue weighted by Crippen LogP contribution is -2.15. The van der Waals surface area contributed by atoms with E-state index in [4.69, 9.17) is 14.7 Å². The molecule has 0 N–H and O–H groups in total. The Kier molecular flexibility index (Phi) is 2.54. The predicted molar refractivity (Wildman–Crippen MR) is 63.2 cm³/mol. The molecule has 1 aliphatic heterocycles. The Labute approximate surface area is 104 Å². The number of fused-ring (bicyclic) bond motifs is 1. The Hall–Kier alpha value is -2.61. The first-order valence-electron chi connectivity index (χ1n) is 5.50. The zero-order chi connectivity index (χ0) is 12.4. The van der Waals surface area contributed by atoms with Gasteiger partial charge < -0.3 is 9.47 Å². The highest BCUT2D eigenvalue weighted by atomic mass is 16.6. The van der Waals surface area contributed by atoms with Gasteiger partial charge in [-0.05, 0) is 24.3 Å². The zero-order valence-electron chi connectivity index (χ0n) is 9.46. The Bertz CT molecular complexity index is 634. The molecule has 0 saturated heterocycles. The maximum Gasteiger partial charge on any atom is 0.162 e. The number of nitriles is 1. The molecule has 0 unspecified atom stereocenters. The fraction of sp³-hybridized carbons (Fsp3) is 0.154. The van der Waals surface area contributed by atoms with Gasteiger partial charge in [-0.3, -0.25) is 0 Å². The van der Waals surface area contributed by atoms with E-state index in [0.29, 0.717) is 30.5 Å². The van der Waals surface area contributed by atoms with Crippen molar-refractivity contribution in [3.8, 4) is 29.0 Å². The SMILES string of the molecule is N#Cc1ccnc(-c2ccc3c(c2)OCCO3)n1. The summed E-state index contributed by atoms with van der Waals surface area (Å²) in [6.45, 7) is 1.10. The lowest BCUT2D eigenvalue weighted by atomic mass is 10.2. The van der Waals surface area contributed by atoms with Crippen LogP contribution in [0, 0.1) is 11.3 Å². The van der Waals surface area contributed by atoms with Gasteiger partial charge >= 0.3 is 0 Å². The monoisotopic (exact) mass is 239 g/mol. The van der Waals surface area contributed by atoms with Crippen LogP contribution in [0.25, 0.3) is 11.4 Å². The van der Waals surface area contributed by atoms with E-state index >= 15 is 0 Å². The number of nitrogens with zero attached hydrogens (tertiary/aromatic N) is 3. The van der Waals surface area contributed by atoms with Crippen LogP contribution in [0.15, 0.2) is 30.5 Å². The van der Waals surface area contributed by atoms with Crippen LogP contribution in [0.2, 0.25) is 0 Å². The first-order valence-corrected chi connectivity index (χ1v) is 5.50. The van der Waals surface area contributed by atoms with Crippen LogP contribution in [-0.2, 0) is 0 Å².